The summed E-state index contributed by atoms with van der Waals surface area (Å²) in [5.74, 6) is -0.252. The van der Waals surface area contributed by atoms with Gasteiger partial charge in [-0.1, -0.05) is 20.8 Å². The Balaban J connectivity index is 2.36. The lowest BCUT2D eigenvalue weighted by molar-refractivity contribution is -0.157. The van der Waals surface area contributed by atoms with E-state index < -0.39 is 25.5 Å². The van der Waals surface area contributed by atoms with Gasteiger partial charge in [0.15, 0.2) is 14.9 Å². The van der Waals surface area contributed by atoms with Crippen LogP contribution in [-0.4, -0.2) is 42.6 Å². The summed E-state index contributed by atoms with van der Waals surface area (Å²) in [6.07, 6.45) is 0. The van der Waals surface area contributed by atoms with Gasteiger partial charge in [-0.15, -0.1) is 0 Å². The zero-order valence-corrected chi connectivity index (χ0v) is 24.3. The molecule has 0 saturated heterocycles. The first-order valence-corrected chi connectivity index (χ1v) is 15.0. The molecular formula is C27H43NO6Si. The number of fused-ring (bicyclic) bond motifs is 1. The SMILES string of the molecule is CC(C)(C)OC(=O)COc1ccc2cc(CO[Si](C)(C)C(C)(C)C)n(CC(=O)OC(C)(C)C)c2c1. The Hall–Kier alpha value is -2.32. The highest BCUT2D eigenvalue weighted by Gasteiger charge is 2.37. The van der Waals surface area contributed by atoms with E-state index in [9.17, 15) is 9.59 Å². The highest BCUT2D eigenvalue weighted by Crippen LogP contribution is 2.37. The van der Waals surface area contributed by atoms with Crippen LogP contribution in [0, 0.1) is 0 Å². The van der Waals surface area contributed by atoms with E-state index >= 15 is 0 Å². The molecule has 0 radical (unpaired) electrons. The van der Waals surface area contributed by atoms with Gasteiger partial charge in [-0.25, -0.2) is 4.79 Å². The Morgan fingerprint density at radius 1 is 0.857 bits per heavy atom. The lowest BCUT2D eigenvalue weighted by Crippen LogP contribution is -2.40. The molecule has 2 aromatic rings. The van der Waals surface area contributed by atoms with Crippen LogP contribution >= 0.6 is 0 Å². The zero-order valence-electron chi connectivity index (χ0n) is 23.3. The van der Waals surface area contributed by atoms with Crippen LogP contribution in [0.3, 0.4) is 0 Å². The Kier molecular flexibility index (Phi) is 8.55. The van der Waals surface area contributed by atoms with Crippen LogP contribution < -0.4 is 4.74 Å². The van der Waals surface area contributed by atoms with Crippen molar-refractivity contribution in [3.05, 3.63) is 30.0 Å². The van der Waals surface area contributed by atoms with E-state index in [1.54, 1.807) is 0 Å². The van der Waals surface area contributed by atoms with Gasteiger partial charge >= 0.3 is 11.9 Å². The van der Waals surface area contributed by atoms with E-state index in [-0.39, 0.29) is 24.2 Å². The molecular weight excluding hydrogens is 462 g/mol. The van der Waals surface area contributed by atoms with Crippen molar-refractivity contribution in [3.63, 3.8) is 0 Å². The van der Waals surface area contributed by atoms with Crippen molar-refractivity contribution in [1.29, 1.82) is 0 Å². The van der Waals surface area contributed by atoms with Crippen molar-refractivity contribution in [2.24, 2.45) is 0 Å². The maximum atomic E-state index is 12.7. The van der Waals surface area contributed by atoms with E-state index in [1.807, 2.05) is 70.4 Å². The molecule has 0 amide bonds. The monoisotopic (exact) mass is 505 g/mol. The Bertz CT molecular complexity index is 1050. The van der Waals surface area contributed by atoms with Crippen LogP contribution in [0.4, 0.5) is 0 Å². The molecule has 0 saturated carbocycles. The normalized spacial score (nSPS) is 13.1. The zero-order chi connectivity index (χ0) is 26.8. The average Bonchev–Trinajstić information content (AvgIpc) is 2.98. The number of carbonyl (C=O) groups excluding carboxylic acids is 2. The van der Waals surface area contributed by atoms with Crippen LogP contribution in [0.25, 0.3) is 10.9 Å². The minimum Gasteiger partial charge on any atom is -0.482 e. The second kappa shape index (κ2) is 10.3. The smallest absolute Gasteiger partial charge is 0.344 e. The summed E-state index contributed by atoms with van der Waals surface area (Å²) in [7, 11) is -2.00. The highest BCUT2D eigenvalue weighted by molar-refractivity contribution is 6.74. The molecule has 0 fully saturated rings. The number of rotatable bonds is 8. The largest absolute Gasteiger partial charge is 0.482 e. The van der Waals surface area contributed by atoms with Gasteiger partial charge in [0.1, 0.15) is 23.5 Å². The maximum absolute atomic E-state index is 12.7. The maximum Gasteiger partial charge on any atom is 0.344 e. The van der Waals surface area contributed by atoms with Gasteiger partial charge in [0, 0.05) is 17.1 Å². The fourth-order valence-corrected chi connectivity index (χ4v) is 4.12. The number of nitrogens with zero attached hydrogens (tertiary/aromatic N) is 1. The number of carbonyl (C=O) groups is 2. The van der Waals surface area contributed by atoms with Crippen molar-refractivity contribution in [3.8, 4) is 5.75 Å². The van der Waals surface area contributed by atoms with E-state index in [2.05, 4.69) is 33.9 Å². The summed E-state index contributed by atoms with van der Waals surface area (Å²) >= 11 is 0. The first kappa shape index (κ1) is 28.9. The summed E-state index contributed by atoms with van der Waals surface area (Å²) in [6.45, 7) is 22.2. The van der Waals surface area contributed by atoms with Gasteiger partial charge < -0.3 is 23.2 Å². The fourth-order valence-electron chi connectivity index (χ4n) is 3.17. The van der Waals surface area contributed by atoms with Crippen LogP contribution in [0.1, 0.15) is 68.0 Å². The highest BCUT2D eigenvalue weighted by atomic mass is 28.4. The van der Waals surface area contributed by atoms with E-state index in [0.29, 0.717) is 12.4 Å². The predicted molar refractivity (Wildman–Crippen MR) is 141 cm³/mol. The first-order chi connectivity index (χ1) is 15.8. The molecule has 1 heterocycles. The van der Waals surface area contributed by atoms with Crippen LogP contribution in [0.15, 0.2) is 24.3 Å². The summed E-state index contributed by atoms with van der Waals surface area (Å²) in [4.78, 5) is 24.8. The van der Waals surface area contributed by atoms with Crippen LogP contribution in [-0.2, 0) is 36.6 Å². The van der Waals surface area contributed by atoms with E-state index in [0.717, 1.165) is 16.6 Å². The second-order valence-electron chi connectivity index (χ2n) is 12.5. The third-order valence-electron chi connectivity index (χ3n) is 5.83. The second-order valence-corrected chi connectivity index (χ2v) is 17.3. The third kappa shape index (κ3) is 8.68. The first-order valence-electron chi connectivity index (χ1n) is 12.1. The minimum atomic E-state index is -2.00. The molecule has 0 atom stereocenters. The number of hydrogen-bond donors (Lipinski definition) is 0. The third-order valence-corrected chi connectivity index (χ3v) is 10.3. The Morgan fingerprint density at radius 2 is 1.43 bits per heavy atom. The quantitative estimate of drug-likeness (QED) is 0.313. The molecule has 0 N–H and O–H groups in total. The molecule has 8 heteroatoms. The summed E-state index contributed by atoms with van der Waals surface area (Å²) in [5, 5.41) is 1.02. The van der Waals surface area contributed by atoms with Crippen molar-refractivity contribution in [2.45, 2.75) is 105 Å². The lowest BCUT2D eigenvalue weighted by Gasteiger charge is -2.36. The van der Waals surface area contributed by atoms with Gasteiger partial charge in [-0.3, -0.25) is 4.79 Å². The number of benzene rings is 1. The van der Waals surface area contributed by atoms with E-state index in [1.165, 1.54) is 0 Å². The fraction of sp³-hybridized carbons (Fsp3) is 0.630. The molecule has 1 aromatic carbocycles. The lowest BCUT2D eigenvalue weighted by atomic mass is 10.2. The molecule has 35 heavy (non-hydrogen) atoms. The topological polar surface area (TPSA) is 76.0 Å². The Morgan fingerprint density at radius 3 is 1.97 bits per heavy atom. The molecule has 7 nitrogen and oxygen atoms in total. The molecule has 0 aliphatic carbocycles. The molecule has 0 aliphatic heterocycles. The molecule has 0 spiro atoms. The molecule has 1 aromatic heterocycles. The van der Waals surface area contributed by atoms with Gasteiger partial charge in [0.25, 0.3) is 0 Å². The Labute approximate surface area is 211 Å². The van der Waals surface area contributed by atoms with Gasteiger partial charge in [0.05, 0.1) is 12.1 Å². The number of hydrogen-bond acceptors (Lipinski definition) is 6. The molecule has 0 bridgehead atoms. The van der Waals surface area contributed by atoms with E-state index in [4.69, 9.17) is 18.6 Å². The van der Waals surface area contributed by atoms with Crippen molar-refractivity contribution >= 4 is 31.2 Å². The summed E-state index contributed by atoms with van der Waals surface area (Å²) < 4.78 is 25.0. The van der Waals surface area contributed by atoms with Crippen molar-refractivity contribution < 1.29 is 28.2 Å². The van der Waals surface area contributed by atoms with Gasteiger partial charge in [-0.2, -0.15) is 0 Å². The number of aromatic nitrogens is 1. The molecule has 0 aliphatic rings. The number of ether oxygens (including phenoxy) is 3. The van der Waals surface area contributed by atoms with Gasteiger partial charge in [0.2, 0.25) is 0 Å². The summed E-state index contributed by atoms with van der Waals surface area (Å²) in [5.41, 5.74) is 0.539. The van der Waals surface area contributed by atoms with Crippen LogP contribution in [0.2, 0.25) is 18.1 Å². The van der Waals surface area contributed by atoms with Crippen molar-refractivity contribution in [2.75, 3.05) is 6.61 Å². The van der Waals surface area contributed by atoms with Crippen LogP contribution in [0.5, 0.6) is 5.75 Å². The number of esters is 2. The molecule has 0 unspecified atom stereocenters. The average molecular weight is 506 g/mol. The standard InChI is InChI=1S/C27H43NO6Si/c1-25(2,3)33-23(29)16-28-20(17-32-35(10,11)27(7,8)9)14-19-12-13-21(15-22(19)28)31-18-24(30)34-26(4,5)6/h12-15H,16-18H2,1-11H3. The van der Waals surface area contributed by atoms with Gasteiger partial charge in [-0.05, 0) is 77.9 Å². The summed E-state index contributed by atoms with van der Waals surface area (Å²) in [6, 6.07) is 7.59. The minimum absolute atomic E-state index is 0.0481. The predicted octanol–water partition coefficient (Wildman–Crippen LogP) is 6.23. The van der Waals surface area contributed by atoms with Crippen molar-refractivity contribution in [1.82, 2.24) is 4.57 Å². The molecule has 2 rings (SSSR count). The molecule has 196 valence electrons.